The summed E-state index contributed by atoms with van der Waals surface area (Å²) in [6, 6.07) is 17.0. The molecule has 1 amide bonds. The van der Waals surface area contributed by atoms with E-state index in [1.807, 2.05) is 48.5 Å². The van der Waals surface area contributed by atoms with Crippen LogP contribution in [0.25, 0.3) is 0 Å². The van der Waals surface area contributed by atoms with Gasteiger partial charge in [-0.2, -0.15) is 0 Å². The molecule has 0 bridgehead atoms. The molecular formula is C15H11Cl2NO. The molecule has 2 aromatic carbocycles. The number of nitrogens with one attached hydrogen (secondary N) is 1. The summed E-state index contributed by atoms with van der Waals surface area (Å²) in [5.74, 6) is -0.386. The lowest BCUT2D eigenvalue weighted by Gasteiger charge is -2.33. The van der Waals surface area contributed by atoms with Gasteiger partial charge in [0.2, 0.25) is 4.33 Å². The molecule has 1 aliphatic heterocycles. The molecule has 1 aliphatic rings. The van der Waals surface area contributed by atoms with E-state index in [0.29, 0.717) is 5.56 Å². The Morgan fingerprint density at radius 3 is 2.32 bits per heavy atom. The van der Waals surface area contributed by atoms with Crippen molar-refractivity contribution in [3.63, 3.8) is 0 Å². The Labute approximate surface area is 121 Å². The Kier molecular flexibility index (Phi) is 3.00. The van der Waals surface area contributed by atoms with Crippen molar-refractivity contribution in [3.05, 3.63) is 71.3 Å². The summed E-state index contributed by atoms with van der Waals surface area (Å²) in [4.78, 5) is 12.1. The van der Waals surface area contributed by atoms with E-state index in [4.69, 9.17) is 23.2 Å². The minimum absolute atomic E-state index is 0.212. The molecule has 2 nitrogen and oxygen atoms in total. The normalized spacial score (nSPS) is 20.5. The summed E-state index contributed by atoms with van der Waals surface area (Å²) in [6.45, 7) is 0. The molecule has 0 fully saturated rings. The second kappa shape index (κ2) is 4.55. The first-order valence-corrected chi connectivity index (χ1v) is 6.69. The van der Waals surface area contributed by atoms with E-state index >= 15 is 0 Å². The van der Waals surface area contributed by atoms with Crippen molar-refractivity contribution in [3.8, 4) is 0 Å². The zero-order chi connectivity index (χ0) is 13.5. The van der Waals surface area contributed by atoms with Gasteiger partial charge in [-0.25, -0.2) is 0 Å². The fourth-order valence-electron chi connectivity index (χ4n) is 2.36. The third-order valence-corrected chi connectivity index (χ3v) is 4.05. The van der Waals surface area contributed by atoms with Crippen molar-refractivity contribution in [1.82, 2.24) is 5.32 Å². The van der Waals surface area contributed by atoms with E-state index < -0.39 is 4.33 Å². The Hall–Kier alpha value is -1.51. The van der Waals surface area contributed by atoms with Gasteiger partial charge in [0, 0.05) is 5.56 Å². The Balaban J connectivity index is 2.17. The number of amides is 1. The van der Waals surface area contributed by atoms with Crippen LogP contribution in [0.15, 0.2) is 54.6 Å². The summed E-state index contributed by atoms with van der Waals surface area (Å²) in [5.41, 5.74) is 2.58. The van der Waals surface area contributed by atoms with Gasteiger partial charge in [0.05, 0.1) is 6.04 Å². The fourth-order valence-corrected chi connectivity index (χ4v) is 2.82. The van der Waals surface area contributed by atoms with Crippen LogP contribution in [0.1, 0.15) is 22.7 Å². The highest BCUT2D eigenvalue weighted by Gasteiger charge is 2.44. The van der Waals surface area contributed by atoms with Crippen molar-refractivity contribution in [2.24, 2.45) is 0 Å². The van der Waals surface area contributed by atoms with Crippen LogP contribution in [0.4, 0.5) is 0 Å². The second-order valence-electron chi connectivity index (χ2n) is 4.48. The van der Waals surface area contributed by atoms with Gasteiger partial charge in [-0.3, -0.25) is 4.79 Å². The lowest BCUT2D eigenvalue weighted by atomic mass is 9.89. The molecule has 96 valence electrons. The van der Waals surface area contributed by atoms with Crippen LogP contribution in [-0.2, 0) is 9.13 Å². The van der Waals surface area contributed by atoms with E-state index in [-0.39, 0.29) is 11.9 Å². The van der Waals surface area contributed by atoms with Gasteiger partial charge in [-0.1, -0.05) is 77.8 Å². The quantitative estimate of drug-likeness (QED) is 0.800. The number of hydrogen-bond donors (Lipinski definition) is 1. The minimum atomic E-state index is -1.53. The van der Waals surface area contributed by atoms with Crippen LogP contribution < -0.4 is 5.32 Å². The summed E-state index contributed by atoms with van der Waals surface area (Å²) in [5, 5.41) is 2.88. The first kappa shape index (κ1) is 12.5. The number of benzene rings is 2. The number of fused-ring (bicyclic) bond motifs is 1. The summed E-state index contributed by atoms with van der Waals surface area (Å²) < 4.78 is -1.53. The van der Waals surface area contributed by atoms with Crippen molar-refractivity contribution in [2.45, 2.75) is 10.4 Å². The topological polar surface area (TPSA) is 29.1 Å². The Morgan fingerprint density at radius 2 is 1.58 bits per heavy atom. The fraction of sp³-hybridized carbons (Fsp3) is 0.133. The first-order chi connectivity index (χ1) is 9.10. The van der Waals surface area contributed by atoms with Gasteiger partial charge in [0.25, 0.3) is 5.91 Å². The Morgan fingerprint density at radius 1 is 0.947 bits per heavy atom. The lowest BCUT2D eigenvalue weighted by molar-refractivity contribution is -0.123. The van der Waals surface area contributed by atoms with E-state index in [1.165, 1.54) is 0 Å². The van der Waals surface area contributed by atoms with E-state index in [9.17, 15) is 4.79 Å². The van der Waals surface area contributed by atoms with Crippen LogP contribution in [-0.4, -0.2) is 5.91 Å². The molecule has 1 atom stereocenters. The smallest absolute Gasteiger partial charge is 0.261 e. The molecule has 1 heterocycles. The largest absolute Gasteiger partial charge is 0.342 e. The van der Waals surface area contributed by atoms with Crippen LogP contribution in [0, 0.1) is 0 Å². The van der Waals surface area contributed by atoms with E-state index in [1.54, 1.807) is 6.07 Å². The zero-order valence-electron chi connectivity index (χ0n) is 9.94. The molecule has 0 aliphatic carbocycles. The maximum Gasteiger partial charge on any atom is 0.261 e. The zero-order valence-corrected chi connectivity index (χ0v) is 11.4. The van der Waals surface area contributed by atoms with E-state index in [0.717, 1.165) is 11.1 Å². The molecule has 1 unspecified atom stereocenters. The van der Waals surface area contributed by atoms with Gasteiger partial charge < -0.3 is 5.32 Å². The molecule has 19 heavy (non-hydrogen) atoms. The SMILES string of the molecule is O=C1NC(c2ccccc2)c2ccccc2C1(Cl)Cl. The third kappa shape index (κ3) is 2.01. The average molecular weight is 292 g/mol. The number of rotatable bonds is 1. The molecule has 0 spiro atoms. The molecular weight excluding hydrogens is 281 g/mol. The molecule has 0 aromatic heterocycles. The van der Waals surface area contributed by atoms with Gasteiger partial charge in [0.1, 0.15) is 0 Å². The highest BCUT2D eigenvalue weighted by atomic mass is 35.5. The number of halogens is 2. The van der Waals surface area contributed by atoms with Crippen LogP contribution >= 0.6 is 23.2 Å². The van der Waals surface area contributed by atoms with Gasteiger partial charge in [0.15, 0.2) is 0 Å². The molecule has 0 radical (unpaired) electrons. The van der Waals surface area contributed by atoms with Crippen LogP contribution in [0.5, 0.6) is 0 Å². The summed E-state index contributed by atoms with van der Waals surface area (Å²) >= 11 is 12.3. The lowest BCUT2D eigenvalue weighted by Crippen LogP contribution is -2.44. The van der Waals surface area contributed by atoms with E-state index in [2.05, 4.69) is 5.32 Å². The summed E-state index contributed by atoms with van der Waals surface area (Å²) in [7, 11) is 0. The van der Waals surface area contributed by atoms with Crippen molar-refractivity contribution < 1.29 is 4.79 Å². The average Bonchev–Trinajstić information content (AvgIpc) is 2.44. The number of alkyl halides is 2. The van der Waals surface area contributed by atoms with Gasteiger partial charge >= 0.3 is 0 Å². The third-order valence-electron chi connectivity index (χ3n) is 3.30. The van der Waals surface area contributed by atoms with Crippen molar-refractivity contribution >= 4 is 29.1 Å². The minimum Gasteiger partial charge on any atom is -0.342 e. The van der Waals surface area contributed by atoms with Gasteiger partial charge in [-0.05, 0) is 11.1 Å². The number of carbonyl (C=O) groups excluding carboxylic acids is 1. The predicted molar refractivity (Wildman–Crippen MR) is 76.3 cm³/mol. The Bertz CT molecular complexity index is 625. The number of carbonyl (C=O) groups is 1. The van der Waals surface area contributed by atoms with Crippen molar-refractivity contribution in [1.29, 1.82) is 0 Å². The predicted octanol–water partition coefficient (Wildman–Crippen LogP) is 3.54. The molecule has 2 aromatic rings. The second-order valence-corrected chi connectivity index (χ2v) is 5.81. The monoisotopic (exact) mass is 291 g/mol. The van der Waals surface area contributed by atoms with Crippen LogP contribution in [0.3, 0.4) is 0 Å². The molecule has 0 saturated heterocycles. The van der Waals surface area contributed by atoms with Crippen LogP contribution in [0.2, 0.25) is 0 Å². The standard InChI is InChI=1S/C15H11Cl2NO/c16-15(17)12-9-5-4-8-11(12)13(18-14(15)19)10-6-2-1-3-7-10/h1-9,13H,(H,18,19). The maximum absolute atomic E-state index is 12.1. The molecule has 3 rings (SSSR count). The molecule has 4 heteroatoms. The highest BCUT2D eigenvalue weighted by molar-refractivity contribution is 6.57. The van der Waals surface area contributed by atoms with Crippen molar-refractivity contribution in [2.75, 3.05) is 0 Å². The highest BCUT2D eigenvalue weighted by Crippen LogP contribution is 2.43. The first-order valence-electron chi connectivity index (χ1n) is 5.94. The summed E-state index contributed by atoms with van der Waals surface area (Å²) in [6.07, 6.45) is 0. The number of hydrogen-bond acceptors (Lipinski definition) is 1. The van der Waals surface area contributed by atoms with Gasteiger partial charge in [-0.15, -0.1) is 0 Å². The maximum atomic E-state index is 12.1. The molecule has 0 saturated carbocycles. The molecule has 1 N–H and O–H groups in total.